The molecule has 25 heavy (non-hydrogen) atoms. The number of hydrogen-bond acceptors (Lipinski definition) is 5. The molecule has 8 nitrogen and oxygen atoms in total. The van der Waals surface area contributed by atoms with Gasteiger partial charge in [0.2, 0.25) is 0 Å². The molecule has 0 aromatic rings. The zero-order valence-electron chi connectivity index (χ0n) is 14.9. The van der Waals surface area contributed by atoms with Crippen LogP contribution in [0.1, 0.15) is 40.5 Å². The Hall–Kier alpha value is -2.48. The normalized spacial score (nSPS) is 17.5. The number of Topliss-reactive ketones (excluding diaryl/α,β-unsaturated/α-hetero) is 2. The smallest absolute Gasteiger partial charge is 0.404 e. The standard InChI is InChI=1S/C17H24N2O6/c1-9-10(2)14(21)12(11(3)13(9)20)5-6-17(4,25)15(22)18-7-8-19-16(23)24/h19,25H,5-8H2,1-4H3,(H,18,22)(H,23,24). The molecule has 8 heteroatoms. The van der Waals surface area contributed by atoms with Crippen LogP contribution in [0.3, 0.4) is 0 Å². The van der Waals surface area contributed by atoms with Gasteiger partial charge in [-0.05, 0) is 40.5 Å². The molecule has 0 aromatic carbocycles. The third kappa shape index (κ3) is 4.99. The van der Waals surface area contributed by atoms with Crippen molar-refractivity contribution in [2.75, 3.05) is 13.1 Å². The molecule has 0 saturated carbocycles. The summed E-state index contributed by atoms with van der Waals surface area (Å²) in [5, 5.41) is 23.2. The van der Waals surface area contributed by atoms with Gasteiger partial charge in [-0.1, -0.05) is 0 Å². The van der Waals surface area contributed by atoms with E-state index in [4.69, 9.17) is 5.11 Å². The fourth-order valence-corrected chi connectivity index (χ4v) is 2.47. The highest BCUT2D eigenvalue weighted by atomic mass is 16.4. The lowest BCUT2D eigenvalue weighted by Gasteiger charge is -2.24. The molecule has 138 valence electrons. The highest BCUT2D eigenvalue weighted by Crippen LogP contribution is 2.28. The highest BCUT2D eigenvalue weighted by Gasteiger charge is 2.33. The first-order chi connectivity index (χ1) is 11.5. The molecule has 4 N–H and O–H groups in total. The molecule has 1 aliphatic rings. The molecule has 1 atom stereocenters. The van der Waals surface area contributed by atoms with Crippen molar-refractivity contribution in [1.82, 2.24) is 10.6 Å². The third-order valence-corrected chi connectivity index (χ3v) is 4.35. The molecule has 0 radical (unpaired) electrons. The van der Waals surface area contributed by atoms with E-state index in [0.717, 1.165) is 0 Å². The summed E-state index contributed by atoms with van der Waals surface area (Å²) >= 11 is 0. The molecule has 1 aliphatic carbocycles. The summed E-state index contributed by atoms with van der Waals surface area (Å²) in [5.74, 6) is -1.11. The molecule has 0 aliphatic heterocycles. The number of carbonyl (C=O) groups is 4. The molecule has 1 unspecified atom stereocenters. The number of carboxylic acid groups (broad SMARTS) is 1. The summed E-state index contributed by atoms with van der Waals surface area (Å²) < 4.78 is 0. The van der Waals surface area contributed by atoms with Crippen LogP contribution >= 0.6 is 0 Å². The van der Waals surface area contributed by atoms with Gasteiger partial charge in [-0.3, -0.25) is 14.4 Å². The Morgan fingerprint density at radius 1 is 0.960 bits per heavy atom. The molecule has 0 saturated heterocycles. The molecule has 0 heterocycles. The summed E-state index contributed by atoms with van der Waals surface area (Å²) in [6.07, 6.45) is -1.15. The largest absolute Gasteiger partial charge is 0.465 e. The molecule has 1 rings (SSSR count). The van der Waals surface area contributed by atoms with Crippen LogP contribution in [0.15, 0.2) is 22.3 Å². The monoisotopic (exact) mass is 352 g/mol. The van der Waals surface area contributed by atoms with Crippen LogP contribution < -0.4 is 10.6 Å². The Morgan fingerprint density at radius 3 is 2.04 bits per heavy atom. The number of nitrogens with one attached hydrogen (secondary N) is 2. The van der Waals surface area contributed by atoms with Gasteiger partial charge in [-0.15, -0.1) is 0 Å². The topological polar surface area (TPSA) is 133 Å². The Balaban J connectivity index is 2.69. The van der Waals surface area contributed by atoms with Crippen LogP contribution in [0.5, 0.6) is 0 Å². The molecule has 0 bridgehead atoms. The van der Waals surface area contributed by atoms with E-state index in [9.17, 15) is 24.3 Å². The first-order valence-electron chi connectivity index (χ1n) is 7.93. The van der Waals surface area contributed by atoms with Crippen molar-refractivity contribution in [2.45, 2.75) is 46.1 Å². The Bertz CT molecular complexity index is 673. The maximum Gasteiger partial charge on any atom is 0.404 e. The number of hydrogen-bond donors (Lipinski definition) is 4. The van der Waals surface area contributed by atoms with Gasteiger partial charge in [0.1, 0.15) is 5.60 Å². The predicted octanol–water partition coefficient (Wildman–Crippen LogP) is 0.706. The van der Waals surface area contributed by atoms with Gasteiger partial charge in [0, 0.05) is 35.4 Å². The first-order valence-corrected chi connectivity index (χ1v) is 7.93. The minimum Gasteiger partial charge on any atom is -0.465 e. The lowest BCUT2D eigenvalue weighted by Crippen LogP contribution is -2.46. The Morgan fingerprint density at radius 2 is 1.48 bits per heavy atom. The van der Waals surface area contributed by atoms with Crippen LogP contribution in [0.4, 0.5) is 4.79 Å². The van der Waals surface area contributed by atoms with Crippen LogP contribution in [-0.4, -0.2) is 52.5 Å². The molecule has 0 fully saturated rings. The van der Waals surface area contributed by atoms with E-state index in [-0.39, 0.29) is 37.5 Å². The van der Waals surface area contributed by atoms with Crippen molar-refractivity contribution < 1.29 is 29.4 Å². The lowest BCUT2D eigenvalue weighted by molar-refractivity contribution is -0.138. The summed E-state index contributed by atoms with van der Waals surface area (Å²) in [6.45, 7) is 6.11. The fraction of sp³-hybridized carbons (Fsp3) is 0.529. The average Bonchev–Trinajstić information content (AvgIpc) is 2.54. The number of carbonyl (C=O) groups excluding carboxylic acids is 3. The van der Waals surface area contributed by atoms with E-state index in [1.165, 1.54) is 6.92 Å². The quantitative estimate of drug-likeness (QED) is 0.394. The molecular weight excluding hydrogens is 328 g/mol. The SMILES string of the molecule is CC1=C(C)C(=O)C(CCC(C)(O)C(=O)NCCNC(=O)O)=C(C)C1=O. The van der Waals surface area contributed by atoms with Crippen LogP contribution in [0, 0.1) is 0 Å². The molecule has 0 aromatic heterocycles. The van der Waals surface area contributed by atoms with Gasteiger partial charge in [-0.2, -0.15) is 0 Å². The van der Waals surface area contributed by atoms with Crippen LogP contribution in [0.2, 0.25) is 0 Å². The minimum absolute atomic E-state index is 0.0116. The van der Waals surface area contributed by atoms with Crippen molar-refractivity contribution in [1.29, 1.82) is 0 Å². The van der Waals surface area contributed by atoms with Crippen molar-refractivity contribution in [3.8, 4) is 0 Å². The van der Waals surface area contributed by atoms with Crippen molar-refractivity contribution in [2.24, 2.45) is 0 Å². The van der Waals surface area contributed by atoms with E-state index >= 15 is 0 Å². The summed E-state index contributed by atoms with van der Waals surface area (Å²) in [4.78, 5) is 46.8. The van der Waals surface area contributed by atoms with E-state index in [1.807, 2.05) is 0 Å². The van der Waals surface area contributed by atoms with Gasteiger partial charge < -0.3 is 20.8 Å². The zero-order valence-corrected chi connectivity index (χ0v) is 14.9. The number of amides is 2. The zero-order chi connectivity index (χ0) is 19.4. The first kappa shape index (κ1) is 20.6. The van der Waals surface area contributed by atoms with Gasteiger partial charge >= 0.3 is 6.09 Å². The number of aliphatic hydroxyl groups is 1. The second-order valence-electron chi connectivity index (χ2n) is 6.27. The maximum absolute atomic E-state index is 12.3. The maximum atomic E-state index is 12.3. The third-order valence-electron chi connectivity index (χ3n) is 4.35. The van der Waals surface area contributed by atoms with Crippen LogP contribution in [0.25, 0.3) is 0 Å². The van der Waals surface area contributed by atoms with E-state index in [2.05, 4.69) is 10.6 Å². The minimum atomic E-state index is -1.75. The van der Waals surface area contributed by atoms with Crippen molar-refractivity contribution >= 4 is 23.6 Å². The number of rotatable bonds is 7. The number of allylic oxidation sites excluding steroid dienone is 4. The van der Waals surface area contributed by atoms with E-state index < -0.39 is 17.6 Å². The average molecular weight is 352 g/mol. The van der Waals surface area contributed by atoms with E-state index in [1.54, 1.807) is 20.8 Å². The van der Waals surface area contributed by atoms with Gasteiger partial charge in [-0.25, -0.2) is 4.79 Å². The fourth-order valence-electron chi connectivity index (χ4n) is 2.47. The molecule has 2 amide bonds. The van der Waals surface area contributed by atoms with Crippen LogP contribution in [-0.2, 0) is 14.4 Å². The van der Waals surface area contributed by atoms with Crippen molar-refractivity contribution in [3.63, 3.8) is 0 Å². The Labute approximate surface area is 146 Å². The Kier molecular flexibility index (Phi) is 6.63. The summed E-state index contributed by atoms with van der Waals surface area (Å²) in [5.41, 5.74) is -0.288. The predicted molar refractivity (Wildman–Crippen MR) is 90.0 cm³/mol. The highest BCUT2D eigenvalue weighted by molar-refractivity contribution is 6.24. The second-order valence-corrected chi connectivity index (χ2v) is 6.27. The summed E-state index contributed by atoms with van der Waals surface area (Å²) in [7, 11) is 0. The summed E-state index contributed by atoms with van der Waals surface area (Å²) in [6, 6.07) is 0. The second kappa shape index (κ2) is 8.06. The van der Waals surface area contributed by atoms with Gasteiger partial charge in [0.15, 0.2) is 11.6 Å². The molecule has 0 spiro atoms. The van der Waals surface area contributed by atoms with E-state index in [0.29, 0.717) is 22.3 Å². The van der Waals surface area contributed by atoms with Gasteiger partial charge in [0.05, 0.1) is 0 Å². The lowest BCUT2D eigenvalue weighted by atomic mass is 9.82. The van der Waals surface area contributed by atoms with Crippen molar-refractivity contribution in [3.05, 3.63) is 22.3 Å². The number of ketones is 2. The van der Waals surface area contributed by atoms with Gasteiger partial charge in [0.25, 0.3) is 5.91 Å². The molecular formula is C17H24N2O6.